The molecule has 3 rings (SSSR count). The molecule has 3 aromatic rings. The van der Waals surface area contributed by atoms with Crippen LogP contribution in [0.15, 0.2) is 40.5 Å². The van der Waals surface area contributed by atoms with Gasteiger partial charge in [-0.1, -0.05) is 13.8 Å². The first-order valence-electron chi connectivity index (χ1n) is 10.7. The molecule has 184 valence electrons. The highest BCUT2D eigenvalue weighted by atomic mass is 32.2. The van der Waals surface area contributed by atoms with Crippen molar-refractivity contribution < 1.29 is 31.1 Å². The fourth-order valence-electron chi connectivity index (χ4n) is 4.06. The van der Waals surface area contributed by atoms with Gasteiger partial charge in [-0.3, -0.25) is 9.78 Å². The zero-order valence-corrected chi connectivity index (χ0v) is 21.4. The first-order chi connectivity index (χ1) is 16.1. The lowest BCUT2D eigenvalue weighted by molar-refractivity contribution is 0.102. The summed E-state index contributed by atoms with van der Waals surface area (Å²) in [5.41, 5.74) is 0.414. The van der Waals surface area contributed by atoms with Crippen LogP contribution in [0.3, 0.4) is 0 Å². The summed E-state index contributed by atoms with van der Waals surface area (Å²) in [4.78, 5) is 17.1. The van der Waals surface area contributed by atoms with Gasteiger partial charge in [0.1, 0.15) is 15.5 Å². The van der Waals surface area contributed by atoms with Crippen LogP contribution < -0.4 is 9.47 Å². The van der Waals surface area contributed by atoms with Crippen LogP contribution in [0, 0.1) is 6.92 Å². The SMILES string of the molecule is CCCS(=O)(=O)c1c(S(=O)(=O)CCC)c2cnccn2c1C(=O)c1ccc(OC)c(OC)c1C. The second-order valence-electron chi connectivity index (χ2n) is 7.78. The van der Waals surface area contributed by atoms with Gasteiger partial charge in [0.25, 0.3) is 0 Å². The quantitative estimate of drug-likeness (QED) is 0.383. The van der Waals surface area contributed by atoms with E-state index < -0.39 is 30.4 Å². The fourth-order valence-corrected chi connectivity index (χ4v) is 8.02. The van der Waals surface area contributed by atoms with Crippen LogP contribution in [0.25, 0.3) is 5.52 Å². The molecule has 0 aliphatic heterocycles. The Morgan fingerprint density at radius 3 is 2.15 bits per heavy atom. The Bertz CT molecular complexity index is 1460. The smallest absolute Gasteiger partial charge is 0.211 e. The average molecular weight is 509 g/mol. The van der Waals surface area contributed by atoms with Crippen molar-refractivity contribution >= 4 is 31.0 Å². The summed E-state index contributed by atoms with van der Waals surface area (Å²) in [6, 6.07) is 3.06. The zero-order valence-electron chi connectivity index (χ0n) is 19.8. The molecule has 0 radical (unpaired) electrons. The summed E-state index contributed by atoms with van der Waals surface area (Å²) >= 11 is 0. The minimum absolute atomic E-state index is 0.0482. The van der Waals surface area contributed by atoms with Crippen LogP contribution >= 0.6 is 0 Å². The van der Waals surface area contributed by atoms with Crippen molar-refractivity contribution in [1.82, 2.24) is 9.38 Å². The molecule has 9 nitrogen and oxygen atoms in total. The summed E-state index contributed by atoms with van der Waals surface area (Å²) in [7, 11) is -5.27. The monoisotopic (exact) mass is 508 g/mol. The van der Waals surface area contributed by atoms with E-state index in [0.29, 0.717) is 17.1 Å². The van der Waals surface area contributed by atoms with Crippen molar-refractivity contribution in [3.8, 4) is 11.5 Å². The van der Waals surface area contributed by atoms with Crippen molar-refractivity contribution in [2.75, 3.05) is 25.7 Å². The molecule has 1 aromatic carbocycles. The third kappa shape index (κ3) is 4.29. The normalized spacial score (nSPS) is 12.1. The topological polar surface area (TPSA) is 121 Å². The van der Waals surface area contributed by atoms with E-state index in [1.54, 1.807) is 26.8 Å². The Hall–Kier alpha value is -2.92. The molecule has 0 aliphatic rings. The number of sulfone groups is 2. The molecule has 34 heavy (non-hydrogen) atoms. The molecule has 0 unspecified atom stereocenters. The lowest BCUT2D eigenvalue weighted by atomic mass is 10.0. The average Bonchev–Trinajstić information content (AvgIpc) is 3.15. The summed E-state index contributed by atoms with van der Waals surface area (Å²) in [5.74, 6) is -0.484. The van der Waals surface area contributed by atoms with E-state index in [-0.39, 0.29) is 46.0 Å². The standard InChI is InChI=1S/C23H28N2O7S2/c1-6-12-33(27,28)22-17-14-24-10-11-25(17)19(23(22)34(29,30)13-7-2)20(26)16-8-9-18(31-4)21(32-5)15(16)3/h8-11,14H,6-7,12-13H2,1-5H3. The third-order valence-electron chi connectivity index (χ3n) is 5.47. The van der Waals surface area contributed by atoms with E-state index in [1.165, 1.54) is 43.3 Å². The molecule has 0 bridgehead atoms. The Balaban J connectivity index is 2.49. The van der Waals surface area contributed by atoms with E-state index >= 15 is 0 Å². The number of methoxy groups -OCH3 is 2. The maximum Gasteiger partial charge on any atom is 0.211 e. The van der Waals surface area contributed by atoms with Crippen molar-refractivity contribution in [3.63, 3.8) is 0 Å². The van der Waals surface area contributed by atoms with Crippen LogP contribution in [-0.2, 0) is 19.7 Å². The third-order valence-corrected chi connectivity index (χ3v) is 9.55. The number of aromatic nitrogens is 2. The molecule has 0 aliphatic carbocycles. The Labute approximate surface area is 199 Å². The first kappa shape index (κ1) is 25.7. The van der Waals surface area contributed by atoms with Crippen LogP contribution in [0.1, 0.15) is 48.3 Å². The van der Waals surface area contributed by atoms with Gasteiger partial charge in [0.2, 0.25) is 5.78 Å². The minimum atomic E-state index is -4.13. The fraction of sp³-hybridized carbons (Fsp3) is 0.391. The second kappa shape index (κ2) is 9.75. The summed E-state index contributed by atoms with van der Waals surface area (Å²) in [5, 5.41) is 0. The molecule has 0 spiro atoms. The maximum absolute atomic E-state index is 13.9. The number of ether oxygens (including phenoxy) is 2. The number of benzene rings is 1. The molecule has 0 saturated carbocycles. The highest BCUT2D eigenvalue weighted by molar-refractivity contribution is 7.94. The zero-order chi connectivity index (χ0) is 25.3. The number of nitrogens with zero attached hydrogens (tertiary/aromatic N) is 2. The molecule has 0 amide bonds. The number of carbonyl (C=O) groups excluding carboxylic acids is 1. The van der Waals surface area contributed by atoms with Gasteiger partial charge in [-0.15, -0.1) is 0 Å². The molecule has 0 saturated heterocycles. The van der Waals surface area contributed by atoms with E-state index in [2.05, 4.69) is 4.98 Å². The summed E-state index contributed by atoms with van der Waals surface area (Å²) in [6.45, 7) is 5.02. The molecular formula is C23H28N2O7S2. The Morgan fingerprint density at radius 2 is 1.59 bits per heavy atom. The summed E-state index contributed by atoms with van der Waals surface area (Å²) in [6.07, 6.45) is 4.58. The number of hydrogen-bond acceptors (Lipinski definition) is 8. The molecule has 0 atom stereocenters. The van der Waals surface area contributed by atoms with Gasteiger partial charge in [0.05, 0.1) is 37.4 Å². The van der Waals surface area contributed by atoms with Gasteiger partial charge in [-0.05, 0) is 31.9 Å². The van der Waals surface area contributed by atoms with Gasteiger partial charge < -0.3 is 13.9 Å². The number of fused-ring (bicyclic) bond motifs is 1. The highest BCUT2D eigenvalue weighted by Crippen LogP contribution is 2.38. The van der Waals surface area contributed by atoms with Crippen molar-refractivity contribution in [2.24, 2.45) is 0 Å². The number of rotatable bonds is 10. The van der Waals surface area contributed by atoms with E-state index in [1.807, 2.05) is 0 Å². The van der Waals surface area contributed by atoms with E-state index in [9.17, 15) is 21.6 Å². The molecule has 0 fully saturated rings. The second-order valence-corrected chi connectivity index (χ2v) is 11.9. The molecule has 11 heteroatoms. The molecule has 2 aromatic heterocycles. The molecule has 0 N–H and O–H groups in total. The van der Waals surface area contributed by atoms with Crippen LogP contribution in [0.2, 0.25) is 0 Å². The van der Waals surface area contributed by atoms with Gasteiger partial charge in [-0.2, -0.15) is 0 Å². The van der Waals surface area contributed by atoms with Gasteiger partial charge in [-0.25, -0.2) is 16.8 Å². The van der Waals surface area contributed by atoms with Crippen LogP contribution in [-0.4, -0.2) is 57.7 Å². The van der Waals surface area contributed by atoms with Gasteiger partial charge in [0, 0.05) is 23.5 Å². The van der Waals surface area contributed by atoms with Crippen LogP contribution in [0.5, 0.6) is 11.5 Å². The first-order valence-corrected chi connectivity index (χ1v) is 14.1. The maximum atomic E-state index is 13.9. The Morgan fingerprint density at radius 1 is 0.971 bits per heavy atom. The molecule has 2 heterocycles. The Kier molecular flexibility index (Phi) is 7.37. The van der Waals surface area contributed by atoms with Crippen molar-refractivity contribution in [2.45, 2.75) is 43.4 Å². The summed E-state index contributed by atoms with van der Waals surface area (Å²) < 4.78 is 65.5. The predicted octanol–water partition coefficient (Wildman–Crippen LogP) is 3.26. The van der Waals surface area contributed by atoms with Crippen molar-refractivity contribution in [1.29, 1.82) is 0 Å². The van der Waals surface area contributed by atoms with Gasteiger partial charge >= 0.3 is 0 Å². The van der Waals surface area contributed by atoms with Crippen molar-refractivity contribution in [3.05, 3.63) is 47.5 Å². The molecular weight excluding hydrogens is 480 g/mol. The van der Waals surface area contributed by atoms with E-state index in [0.717, 1.165) is 0 Å². The number of ketones is 1. The van der Waals surface area contributed by atoms with E-state index in [4.69, 9.17) is 9.47 Å². The lowest BCUT2D eigenvalue weighted by Crippen LogP contribution is -2.17. The minimum Gasteiger partial charge on any atom is -0.493 e. The highest BCUT2D eigenvalue weighted by Gasteiger charge is 2.37. The predicted molar refractivity (Wildman–Crippen MR) is 128 cm³/mol. The largest absolute Gasteiger partial charge is 0.493 e. The number of carbonyl (C=O) groups is 1. The lowest BCUT2D eigenvalue weighted by Gasteiger charge is -2.14. The number of hydrogen-bond donors (Lipinski definition) is 0. The van der Waals surface area contributed by atoms with Gasteiger partial charge in [0.15, 0.2) is 31.2 Å². The van der Waals surface area contributed by atoms with Crippen LogP contribution in [0.4, 0.5) is 0 Å².